The van der Waals surface area contributed by atoms with Crippen LogP contribution in [-0.4, -0.2) is 73.5 Å². The topological polar surface area (TPSA) is 118 Å². The molecule has 2 amide bonds. The fraction of sp³-hybridized carbons (Fsp3) is 0.206. The number of hydrogen-bond acceptors (Lipinski definition) is 4. The SMILES string of the molecule is C[C@H](C(O)(c1ccccc1)c1ccccc1)[C@]1(C(=O)O)[C@@H](C(=O)O)N(Cc2ccccc2)C(=O)N1Cc1ccccc1.[LiH]. The molecule has 216 valence electrons. The number of urea groups is 1. The number of aliphatic carboxylic acids is 2. The normalized spacial score (nSPS) is 19.0. The summed E-state index contributed by atoms with van der Waals surface area (Å²) in [4.78, 5) is 43.5. The third kappa shape index (κ3) is 5.46. The molecule has 0 aliphatic carbocycles. The Hall–Kier alpha value is -4.35. The van der Waals surface area contributed by atoms with Crippen molar-refractivity contribution in [1.82, 2.24) is 9.80 Å². The number of aliphatic hydroxyl groups is 1. The van der Waals surface area contributed by atoms with Gasteiger partial charge in [0.05, 0.1) is 0 Å². The van der Waals surface area contributed by atoms with Crippen molar-refractivity contribution in [3.05, 3.63) is 144 Å². The number of carboxylic acid groups (broad SMARTS) is 2. The molecule has 1 heterocycles. The minimum absolute atomic E-state index is 0. The summed E-state index contributed by atoms with van der Waals surface area (Å²) in [7, 11) is 0. The Kier molecular flexibility index (Phi) is 9.46. The van der Waals surface area contributed by atoms with E-state index in [4.69, 9.17) is 0 Å². The molecule has 1 fully saturated rings. The van der Waals surface area contributed by atoms with Gasteiger partial charge >= 0.3 is 36.8 Å². The van der Waals surface area contributed by atoms with E-state index in [9.17, 15) is 29.7 Å². The van der Waals surface area contributed by atoms with E-state index in [1.165, 1.54) is 6.92 Å². The van der Waals surface area contributed by atoms with Gasteiger partial charge in [0.25, 0.3) is 0 Å². The Morgan fingerprint density at radius 3 is 1.53 bits per heavy atom. The zero-order valence-electron chi connectivity index (χ0n) is 23.1. The summed E-state index contributed by atoms with van der Waals surface area (Å²) in [5.74, 6) is -4.35. The minimum atomic E-state index is -2.39. The first-order valence-corrected chi connectivity index (χ1v) is 13.7. The van der Waals surface area contributed by atoms with Gasteiger partial charge in [-0.2, -0.15) is 0 Å². The molecule has 9 heteroatoms. The van der Waals surface area contributed by atoms with Gasteiger partial charge in [0.15, 0.2) is 11.6 Å². The van der Waals surface area contributed by atoms with Crippen LogP contribution >= 0.6 is 0 Å². The molecule has 0 aromatic heterocycles. The number of nitrogens with zero attached hydrogens (tertiary/aromatic N) is 2. The summed E-state index contributed by atoms with van der Waals surface area (Å²) in [6.07, 6.45) is 0. The van der Waals surface area contributed by atoms with E-state index in [2.05, 4.69) is 0 Å². The van der Waals surface area contributed by atoms with Crippen molar-refractivity contribution < 1.29 is 29.7 Å². The molecular formula is C34H33LiN2O6. The molecule has 0 spiro atoms. The maximum absolute atomic E-state index is 14.3. The summed E-state index contributed by atoms with van der Waals surface area (Å²) in [5.41, 5.74) is -2.37. The summed E-state index contributed by atoms with van der Waals surface area (Å²) < 4.78 is 0. The van der Waals surface area contributed by atoms with Gasteiger partial charge < -0.3 is 25.1 Å². The van der Waals surface area contributed by atoms with E-state index in [1.807, 2.05) is 0 Å². The molecule has 5 rings (SSSR count). The van der Waals surface area contributed by atoms with Crippen molar-refractivity contribution in [2.24, 2.45) is 5.92 Å². The van der Waals surface area contributed by atoms with Crippen molar-refractivity contribution in [3.63, 3.8) is 0 Å². The van der Waals surface area contributed by atoms with Crippen molar-refractivity contribution in [2.45, 2.75) is 37.2 Å². The van der Waals surface area contributed by atoms with Gasteiger partial charge in [-0.25, -0.2) is 14.4 Å². The molecule has 1 aliphatic heterocycles. The van der Waals surface area contributed by atoms with Crippen LogP contribution in [0.3, 0.4) is 0 Å². The first-order valence-electron chi connectivity index (χ1n) is 13.7. The molecular weight excluding hydrogens is 539 g/mol. The van der Waals surface area contributed by atoms with Crippen molar-refractivity contribution in [1.29, 1.82) is 0 Å². The van der Waals surface area contributed by atoms with Gasteiger partial charge in [-0.3, -0.25) is 0 Å². The van der Waals surface area contributed by atoms with Crippen LogP contribution in [-0.2, 0) is 28.3 Å². The molecule has 0 saturated carbocycles. The predicted octanol–water partition coefficient (Wildman–Crippen LogP) is 4.32. The predicted molar refractivity (Wildman–Crippen MR) is 163 cm³/mol. The van der Waals surface area contributed by atoms with Crippen LogP contribution in [0, 0.1) is 5.92 Å². The number of rotatable bonds is 10. The number of amides is 2. The number of carbonyl (C=O) groups is 3. The molecule has 3 atom stereocenters. The molecule has 8 nitrogen and oxygen atoms in total. The van der Waals surface area contributed by atoms with Crippen LogP contribution in [0.2, 0.25) is 0 Å². The van der Waals surface area contributed by atoms with Crippen LogP contribution in [0.1, 0.15) is 29.2 Å². The zero-order valence-corrected chi connectivity index (χ0v) is 23.1. The van der Waals surface area contributed by atoms with Crippen LogP contribution in [0.25, 0.3) is 0 Å². The molecule has 43 heavy (non-hydrogen) atoms. The molecule has 1 aliphatic rings. The van der Waals surface area contributed by atoms with E-state index in [-0.39, 0.29) is 32.0 Å². The van der Waals surface area contributed by atoms with E-state index in [0.717, 1.165) is 9.80 Å². The Morgan fingerprint density at radius 2 is 1.14 bits per heavy atom. The zero-order chi connectivity index (χ0) is 29.9. The van der Waals surface area contributed by atoms with E-state index < -0.39 is 41.1 Å². The molecule has 0 bridgehead atoms. The quantitative estimate of drug-likeness (QED) is 0.244. The van der Waals surface area contributed by atoms with Gasteiger partial charge in [-0.1, -0.05) is 128 Å². The standard InChI is InChI=1S/C34H32N2O6.Li.H/c1-24(34(42,27-18-10-4-11-19-27)28-20-12-5-13-21-28)33(31(39)40)29(30(37)38)35(22-25-14-6-2-7-15-25)32(41)36(33)23-26-16-8-3-9-17-26;;/h2-21,24,29,42H,22-23H2,1H3,(H,37,38)(H,39,40);;/t24-,29+,33+;;/m0../s1. The summed E-state index contributed by atoms with van der Waals surface area (Å²) in [5, 5.41) is 34.6. The number of benzene rings is 4. The van der Waals surface area contributed by atoms with Gasteiger partial charge in [0.1, 0.15) is 5.60 Å². The second kappa shape index (κ2) is 12.9. The number of carbonyl (C=O) groups excluding carboxylic acids is 1. The van der Waals surface area contributed by atoms with Crippen molar-refractivity contribution >= 4 is 36.8 Å². The average molecular weight is 573 g/mol. The van der Waals surface area contributed by atoms with E-state index in [0.29, 0.717) is 22.3 Å². The van der Waals surface area contributed by atoms with Crippen molar-refractivity contribution in [3.8, 4) is 0 Å². The Morgan fingerprint density at radius 1 is 0.744 bits per heavy atom. The fourth-order valence-electron chi connectivity index (χ4n) is 6.29. The first-order chi connectivity index (χ1) is 20.2. The summed E-state index contributed by atoms with van der Waals surface area (Å²) in [6, 6.07) is 32.2. The van der Waals surface area contributed by atoms with Crippen LogP contribution < -0.4 is 0 Å². The average Bonchev–Trinajstić information content (AvgIpc) is 3.26. The molecule has 4 aromatic rings. The summed E-state index contributed by atoms with van der Waals surface area (Å²) in [6.45, 7) is 1.21. The Labute approximate surface area is 262 Å². The van der Waals surface area contributed by atoms with Crippen molar-refractivity contribution in [2.75, 3.05) is 0 Å². The molecule has 0 radical (unpaired) electrons. The third-order valence-electron chi connectivity index (χ3n) is 8.32. The third-order valence-corrected chi connectivity index (χ3v) is 8.32. The molecule has 0 unspecified atom stereocenters. The van der Waals surface area contributed by atoms with Crippen LogP contribution in [0.15, 0.2) is 121 Å². The summed E-state index contributed by atoms with van der Waals surface area (Å²) >= 11 is 0. The Bertz CT molecular complexity index is 1520. The van der Waals surface area contributed by atoms with E-state index >= 15 is 0 Å². The number of carboxylic acids is 2. The molecule has 3 N–H and O–H groups in total. The maximum atomic E-state index is 14.3. The van der Waals surface area contributed by atoms with Crippen LogP contribution in [0.4, 0.5) is 4.79 Å². The second-order valence-corrected chi connectivity index (χ2v) is 10.6. The molecule has 1 saturated heterocycles. The van der Waals surface area contributed by atoms with Gasteiger partial charge in [0, 0.05) is 19.0 Å². The van der Waals surface area contributed by atoms with E-state index in [1.54, 1.807) is 121 Å². The second-order valence-electron chi connectivity index (χ2n) is 10.6. The monoisotopic (exact) mass is 572 g/mol. The number of hydrogen-bond donors (Lipinski definition) is 3. The van der Waals surface area contributed by atoms with Gasteiger partial charge in [-0.05, 0) is 22.3 Å². The van der Waals surface area contributed by atoms with Crippen LogP contribution in [0.5, 0.6) is 0 Å². The molecule has 4 aromatic carbocycles. The fourth-order valence-corrected chi connectivity index (χ4v) is 6.29. The van der Waals surface area contributed by atoms with Gasteiger partial charge in [0.2, 0.25) is 0 Å². The Balaban J connectivity index is 0.00000423. The first kappa shape index (κ1) is 31.6. The van der Waals surface area contributed by atoms with Gasteiger partial charge in [-0.15, -0.1) is 0 Å².